The van der Waals surface area contributed by atoms with E-state index < -0.39 is 0 Å². The van der Waals surface area contributed by atoms with Crippen molar-refractivity contribution in [3.05, 3.63) is 33.8 Å². The van der Waals surface area contributed by atoms with Crippen molar-refractivity contribution in [3.8, 4) is 0 Å². The van der Waals surface area contributed by atoms with Gasteiger partial charge in [0.25, 0.3) is 5.91 Å². The molecule has 3 nitrogen and oxygen atoms in total. The molecule has 23 heavy (non-hydrogen) atoms. The van der Waals surface area contributed by atoms with Gasteiger partial charge in [-0.2, -0.15) is 0 Å². The third-order valence-electron chi connectivity index (χ3n) is 5.09. The minimum Gasteiger partial charge on any atom is -0.349 e. The van der Waals surface area contributed by atoms with Gasteiger partial charge in [-0.05, 0) is 61.9 Å². The van der Waals surface area contributed by atoms with Crippen LogP contribution < -0.4 is 5.32 Å². The predicted molar refractivity (Wildman–Crippen MR) is 95.3 cm³/mol. The Morgan fingerprint density at radius 2 is 1.87 bits per heavy atom. The van der Waals surface area contributed by atoms with Crippen LogP contribution in [0.3, 0.4) is 0 Å². The molecular formula is C18H24Cl2N2O. The summed E-state index contributed by atoms with van der Waals surface area (Å²) >= 11 is 12.0. The summed E-state index contributed by atoms with van der Waals surface area (Å²) in [6.45, 7) is 8.00. The van der Waals surface area contributed by atoms with E-state index in [1.165, 1.54) is 19.4 Å². The van der Waals surface area contributed by atoms with E-state index in [1.54, 1.807) is 18.2 Å². The summed E-state index contributed by atoms with van der Waals surface area (Å²) in [5.41, 5.74) is 0.868. The van der Waals surface area contributed by atoms with E-state index in [1.807, 2.05) is 0 Å². The van der Waals surface area contributed by atoms with Crippen LogP contribution in [0.2, 0.25) is 10.0 Å². The van der Waals surface area contributed by atoms with E-state index in [4.69, 9.17) is 23.2 Å². The molecule has 126 valence electrons. The van der Waals surface area contributed by atoms with Crippen molar-refractivity contribution in [1.82, 2.24) is 10.2 Å². The summed E-state index contributed by atoms with van der Waals surface area (Å²) in [6, 6.07) is 5.28. The normalized spacial score (nSPS) is 23.3. The molecule has 1 unspecified atom stereocenters. The third-order valence-corrected chi connectivity index (χ3v) is 5.53. The molecule has 1 aliphatic heterocycles. The van der Waals surface area contributed by atoms with E-state index in [0.29, 0.717) is 33.0 Å². The van der Waals surface area contributed by atoms with E-state index in [-0.39, 0.29) is 5.91 Å². The molecule has 1 N–H and O–H groups in total. The third kappa shape index (κ3) is 4.01. The molecule has 2 fully saturated rings. The minimum atomic E-state index is -0.0686. The van der Waals surface area contributed by atoms with Crippen LogP contribution in [-0.2, 0) is 0 Å². The number of piperidine rings is 1. The van der Waals surface area contributed by atoms with Gasteiger partial charge in [0.1, 0.15) is 0 Å². The fourth-order valence-corrected chi connectivity index (χ4v) is 4.25. The van der Waals surface area contributed by atoms with Gasteiger partial charge >= 0.3 is 0 Å². The average molecular weight is 355 g/mol. The second kappa shape index (κ2) is 6.62. The van der Waals surface area contributed by atoms with Crippen molar-refractivity contribution in [3.63, 3.8) is 0 Å². The zero-order valence-corrected chi connectivity index (χ0v) is 15.3. The van der Waals surface area contributed by atoms with Crippen LogP contribution in [0.25, 0.3) is 0 Å². The highest BCUT2D eigenvalue weighted by molar-refractivity contribution is 6.35. The van der Waals surface area contributed by atoms with Gasteiger partial charge in [-0.3, -0.25) is 4.79 Å². The Labute approximate surface area is 148 Å². The molecule has 0 bridgehead atoms. The van der Waals surface area contributed by atoms with Crippen molar-refractivity contribution in [2.45, 2.75) is 39.2 Å². The van der Waals surface area contributed by atoms with E-state index in [0.717, 1.165) is 19.5 Å². The van der Waals surface area contributed by atoms with Gasteiger partial charge in [-0.15, -0.1) is 0 Å². The molecule has 1 atom stereocenters. The highest BCUT2D eigenvalue weighted by atomic mass is 35.5. The molecule has 1 aromatic carbocycles. The Balaban J connectivity index is 1.54. The number of likely N-dealkylation sites (tertiary alicyclic amines) is 1. The van der Waals surface area contributed by atoms with Crippen molar-refractivity contribution in [2.75, 3.05) is 19.6 Å². The maximum atomic E-state index is 12.4. The first-order chi connectivity index (χ1) is 10.9. The Kier molecular flexibility index (Phi) is 4.91. The van der Waals surface area contributed by atoms with Gasteiger partial charge in [0.2, 0.25) is 0 Å². The van der Waals surface area contributed by atoms with Gasteiger partial charge < -0.3 is 10.2 Å². The standard InChI is InChI=1S/C18H24Cl2N2O/c1-12(2)11-22-5-3-18(4-6-22)10-16(18)21-17(23)13-7-14(19)9-15(20)8-13/h7-9,12,16H,3-6,10-11H2,1-2H3,(H,21,23). The number of amides is 1. The molecule has 1 saturated heterocycles. The quantitative estimate of drug-likeness (QED) is 0.877. The molecule has 1 amide bonds. The number of benzene rings is 1. The molecule has 3 rings (SSSR count). The number of hydrogen-bond donors (Lipinski definition) is 1. The van der Waals surface area contributed by atoms with Crippen molar-refractivity contribution in [1.29, 1.82) is 0 Å². The summed E-state index contributed by atoms with van der Waals surface area (Å²) in [5, 5.41) is 4.16. The van der Waals surface area contributed by atoms with Gasteiger partial charge in [-0.25, -0.2) is 0 Å². The summed E-state index contributed by atoms with van der Waals surface area (Å²) in [6.07, 6.45) is 3.46. The lowest BCUT2D eigenvalue weighted by molar-refractivity contribution is 0.0933. The van der Waals surface area contributed by atoms with Crippen LogP contribution in [0, 0.1) is 11.3 Å². The Hall–Kier alpha value is -0.770. The molecule has 2 aliphatic rings. The first-order valence-corrected chi connectivity index (χ1v) is 9.13. The molecule has 1 heterocycles. The van der Waals surface area contributed by atoms with Crippen molar-refractivity contribution in [2.24, 2.45) is 11.3 Å². The molecular weight excluding hydrogens is 331 g/mol. The first kappa shape index (κ1) is 17.1. The van der Waals surface area contributed by atoms with Crippen molar-refractivity contribution >= 4 is 29.1 Å². The molecule has 1 spiro atoms. The second-order valence-electron chi connectivity index (χ2n) is 7.45. The fourth-order valence-electron chi connectivity index (χ4n) is 3.73. The number of carbonyl (C=O) groups is 1. The fraction of sp³-hybridized carbons (Fsp3) is 0.611. The zero-order valence-electron chi connectivity index (χ0n) is 13.7. The van der Waals surface area contributed by atoms with Crippen LogP contribution in [0.4, 0.5) is 0 Å². The maximum Gasteiger partial charge on any atom is 0.251 e. The molecule has 1 aromatic rings. The average Bonchev–Trinajstić information content (AvgIpc) is 3.12. The van der Waals surface area contributed by atoms with Crippen LogP contribution >= 0.6 is 23.2 Å². The summed E-state index contributed by atoms with van der Waals surface area (Å²) in [5.74, 6) is 0.646. The lowest BCUT2D eigenvalue weighted by Crippen LogP contribution is -2.40. The zero-order chi connectivity index (χ0) is 16.6. The lowest BCUT2D eigenvalue weighted by Gasteiger charge is -2.33. The van der Waals surface area contributed by atoms with E-state index in [2.05, 4.69) is 24.1 Å². The predicted octanol–water partition coefficient (Wildman–Crippen LogP) is 4.23. The van der Waals surface area contributed by atoms with Crippen molar-refractivity contribution < 1.29 is 4.79 Å². The van der Waals surface area contributed by atoms with Gasteiger partial charge in [0.05, 0.1) is 0 Å². The summed E-state index contributed by atoms with van der Waals surface area (Å²) < 4.78 is 0. The number of rotatable bonds is 4. The minimum absolute atomic E-state index is 0.0686. The summed E-state index contributed by atoms with van der Waals surface area (Å²) in [7, 11) is 0. The lowest BCUT2D eigenvalue weighted by atomic mass is 9.92. The number of hydrogen-bond acceptors (Lipinski definition) is 2. The largest absolute Gasteiger partial charge is 0.349 e. The maximum absolute atomic E-state index is 12.4. The number of carbonyl (C=O) groups excluding carboxylic acids is 1. The highest BCUT2D eigenvalue weighted by Crippen LogP contribution is 2.54. The highest BCUT2D eigenvalue weighted by Gasteiger charge is 2.55. The van der Waals surface area contributed by atoms with E-state index in [9.17, 15) is 4.79 Å². The van der Waals surface area contributed by atoms with Gasteiger partial charge in [0.15, 0.2) is 0 Å². The first-order valence-electron chi connectivity index (χ1n) is 8.37. The number of nitrogens with one attached hydrogen (secondary N) is 1. The smallest absolute Gasteiger partial charge is 0.251 e. The monoisotopic (exact) mass is 354 g/mol. The van der Waals surface area contributed by atoms with Crippen LogP contribution in [0.5, 0.6) is 0 Å². The van der Waals surface area contributed by atoms with Crippen LogP contribution in [0.15, 0.2) is 18.2 Å². The van der Waals surface area contributed by atoms with Gasteiger partial charge in [0, 0.05) is 28.2 Å². The Morgan fingerprint density at radius 1 is 1.26 bits per heavy atom. The van der Waals surface area contributed by atoms with E-state index >= 15 is 0 Å². The number of nitrogens with zero attached hydrogens (tertiary/aromatic N) is 1. The second-order valence-corrected chi connectivity index (χ2v) is 8.32. The Morgan fingerprint density at radius 3 is 2.43 bits per heavy atom. The molecule has 5 heteroatoms. The van der Waals surface area contributed by atoms with Gasteiger partial charge in [-0.1, -0.05) is 37.0 Å². The summed E-state index contributed by atoms with van der Waals surface area (Å²) in [4.78, 5) is 14.9. The molecule has 1 aliphatic carbocycles. The molecule has 0 aromatic heterocycles. The number of halogens is 2. The topological polar surface area (TPSA) is 32.3 Å². The molecule has 1 saturated carbocycles. The molecule has 0 radical (unpaired) electrons. The van der Waals surface area contributed by atoms with Crippen LogP contribution in [-0.4, -0.2) is 36.5 Å². The van der Waals surface area contributed by atoms with Crippen LogP contribution in [0.1, 0.15) is 43.5 Å². The SMILES string of the molecule is CC(C)CN1CCC2(CC1)CC2NC(=O)c1cc(Cl)cc(Cl)c1. The Bertz CT molecular complexity index is 574.